The van der Waals surface area contributed by atoms with Crippen LogP contribution >= 0.6 is 11.6 Å². The zero-order valence-electron chi connectivity index (χ0n) is 10.8. The van der Waals surface area contributed by atoms with Gasteiger partial charge in [-0.1, -0.05) is 43.6 Å². The van der Waals surface area contributed by atoms with Crippen molar-refractivity contribution in [2.24, 2.45) is 5.73 Å². The molecule has 3 nitrogen and oxygen atoms in total. The fourth-order valence-electron chi connectivity index (χ4n) is 1.94. The highest BCUT2D eigenvalue weighted by atomic mass is 35.5. The first-order valence-electron chi connectivity index (χ1n) is 6.17. The fourth-order valence-corrected chi connectivity index (χ4v) is 2.34. The average Bonchev–Trinajstić information content (AvgIpc) is 3.06. The summed E-state index contributed by atoms with van der Waals surface area (Å²) in [7, 11) is 0. The van der Waals surface area contributed by atoms with Gasteiger partial charge in [-0.15, -0.1) is 0 Å². The first kappa shape index (κ1) is 13.4. The van der Waals surface area contributed by atoms with Crippen molar-refractivity contribution in [3.63, 3.8) is 0 Å². The molecule has 1 amide bonds. The molecule has 98 valence electrons. The van der Waals surface area contributed by atoms with Gasteiger partial charge in [-0.3, -0.25) is 4.79 Å². The van der Waals surface area contributed by atoms with Gasteiger partial charge >= 0.3 is 0 Å². The van der Waals surface area contributed by atoms with E-state index in [1.54, 1.807) is 0 Å². The predicted molar refractivity (Wildman–Crippen MR) is 73.6 cm³/mol. The van der Waals surface area contributed by atoms with Crippen molar-refractivity contribution < 1.29 is 4.79 Å². The number of hydrogen-bond acceptors (Lipinski definition) is 2. The zero-order chi connectivity index (χ0) is 13.4. The van der Waals surface area contributed by atoms with Crippen LogP contribution in [0.5, 0.6) is 0 Å². The van der Waals surface area contributed by atoms with Crippen LogP contribution in [0.15, 0.2) is 24.3 Å². The first-order chi connectivity index (χ1) is 8.35. The molecule has 18 heavy (non-hydrogen) atoms. The molecule has 0 radical (unpaired) electrons. The van der Waals surface area contributed by atoms with Crippen molar-refractivity contribution in [3.8, 4) is 0 Å². The molecule has 1 aromatic rings. The van der Waals surface area contributed by atoms with E-state index in [-0.39, 0.29) is 11.3 Å². The second kappa shape index (κ2) is 4.56. The summed E-state index contributed by atoms with van der Waals surface area (Å²) in [5.41, 5.74) is 6.06. The van der Waals surface area contributed by atoms with Crippen LogP contribution in [-0.4, -0.2) is 18.0 Å². The van der Waals surface area contributed by atoms with Gasteiger partial charge in [0.05, 0.1) is 5.54 Å². The van der Waals surface area contributed by atoms with Gasteiger partial charge in [0.1, 0.15) is 0 Å². The fraction of sp³-hybridized carbons (Fsp3) is 0.500. The SMILES string of the molecule is CC(C)(CNC(=O)C1(N)CC1)c1ccccc1Cl. The van der Waals surface area contributed by atoms with Gasteiger partial charge in [-0.05, 0) is 24.5 Å². The largest absolute Gasteiger partial charge is 0.354 e. The normalized spacial score (nSPS) is 17.3. The van der Waals surface area contributed by atoms with Crippen LogP contribution in [0.3, 0.4) is 0 Å². The number of rotatable bonds is 4. The van der Waals surface area contributed by atoms with Crippen LogP contribution in [0.4, 0.5) is 0 Å². The summed E-state index contributed by atoms with van der Waals surface area (Å²) in [5, 5.41) is 3.66. The molecule has 1 fully saturated rings. The van der Waals surface area contributed by atoms with Crippen LogP contribution in [0, 0.1) is 0 Å². The minimum Gasteiger partial charge on any atom is -0.354 e. The van der Waals surface area contributed by atoms with E-state index in [1.807, 2.05) is 24.3 Å². The Morgan fingerprint density at radius 2 is 2.06 bits per heavy atom. The maximum absolute atomic E-state index is 11.8. The number of carbonyl (C=O) groups excluding carboxylic acids is 1. The molecule has 1 aromatic carbocycles. The lowest BCUT2D eigenvalue weighted by atomic mass is 9.84. The van der Waals surface area contributed by atoms with Gasteiger partial charge in [-0.25, -0.2) is 0 Å². The van der Waals surface area contributed by atoms with E-state index in [0.717, 1.165) is 23.4 Å². The Hall–Kier alpha value is -1.06. The van der Waals surface area contributed by atoms with E-state index in [4.69, 9.17) is 17.3 Å². The molecule has 0 spiro atoms. The molecule has 0 aliphatic heterocycles. The van der Waals surface area contributed by atoms with Crippen LogP contribution in [0.2, 0.25) is 5.02 Å². The summed E-state index contributed by atoms with van der Waals surface area (Å²) in [6.07, 6.45) is 1.57. The van der Waals surface area contributed by atoms with Gasteiger partial charge in [0.25, 0.3) is 0 Å². The third kappa shape index (κ3) is 2.68. The van der Waals surface area contributed by atoms with E-state index in [1.165, 1.54) is 0 Å². The average molecular weight is 267 g/mol. The summed E-state index contributed by atoms with van der Waals surface area (Å²) in [4.78, 5) is 11.8. The number of nitrogens with two attached hydrogens (primary N) is 1. The van der Waals surface area contributed by atoms with E-state index in [2.05, 4.69) is 19.2 Å². The molecule has 3 N–H and O–H groups in total. The number of amides is 1. The number of nitrogens with one attached hydrogen (secondary N) is 1. The van der Waals surface area contributed by atoms with Gasteiger partial charge in [0.2, 0.25) is 5.91 Å². The maximum atomic E-state index is 11.8. The molecular weight excluding hydrogens is 248 g/mol. The number of carbonyl (C=O) groups is 1. The molecule has 0 saturated heterocycles. The van der Waals surface area contributed by atoms with Crippen molar-refractivity contribution in [3.05, 3.63) is 34.9 Å². The molecule has 1 aliphatic rings. The van der Waals surface area contributed by atoms with Gasteiger partial charge < -0.3 is 11.1 Å². The highest BCUT2D eigenvalue weighted by Gasteiger charge is 2.46. The summed E-state index contributed by atoms with van der Waals surface area (Å²) in [5.74, 6) is -0.0531. The Bertz CT molecular complexity index is 467. The Labute approximate surface area is 113 Å². The molecular formula is C14H19ClN2O. The Morgan fingerprint density at radius 3 is 2.61 bits per heavy atom. The highest BCUT2D eigenvalue weighted by Crippen LogP contribution is 2.33. The summed E-state index contributed by atoms with van der Waals surface area (Å²) in [6.45, 7) is 4.66. The molecule has 0 atom stereocenters. The summed E-state index contributed by atoms with van der Waals surface area (Å²) in [6, 6.07) is 7.71. The Morgan fingerprint density at radius 1 is 1.44 bits per heavy atom. The summed E-state index contributed by atoms with van der Waals surface area (Å²) < 4.78 is 0. The smallest absolute Gasteiger partial charge is 0.240 e. The second-order valence-electron chi connectivity index (χ2n) is 5.70. The third-order valence-electron chi connectivity index (χ3n) is 3.53. The predicted octanol–water partition coefficient (Wildman–Crippen LogP) is 2.23. The molecule has 4 heteroatoms. The number of halogens is 1. The van der Waals surface area contributed by atoms with E-state index >= 15 is 0 Å². The number of benzene rings is 1. The Kier molecular flexibility index (Phi) is 3.39. The van der Waals surface area contributed by atoms with E-state index in [9.17, 15) is 4.79 Å². The molecule has 0 heterocycles. The van der Waals surface area contributed by atoms with Gasteiger partial charge in [0.15, 0.2) is 0 Å². The lowest BCUT2D eigenvalue weighted by Crippen LogP contribution is -2.46. The quantitative estimate of drug-likeness (QED) is 0.878. The van der Waals surface area contributed by atoms with Crippen molar-refractivity contribution in [2.45, 2.75) is 37.6 Å². The molecule has 1 saturated carbocycles. The minimum atomic E-state index is -0.615. The van der Waals surface area contributed by atoms with Crippen LogP contribution in [0.25, 0.3) is 0 Å². The van der Waals surface area contributed by atoms with Crippen LogP contribution in [-0.2, 0) is 10.2 Å². The molecule has 1 aliphatic carbocycles. The zero-order valence-corrected chi connectivity index (χ0v) is 11.6. The molecule has 0 aromatic heterocycles. The second-order valence-corrected chi connectivity index (χ2v) is 6.11. The van der Waals surface area contributed by atoms with Crippen molar-refractivity contribution in [1.82, 2.24) is 5.32 Å². The molecule has 0 bridgehead atoms. The van der Waals surface area contributed by atoms with Gasteiger partial charge in [-0.2, -0.15) is 0 Å². The van der Waals surface area contributed by atoms with Crippen molar-refractivity contribution >= 4 is 17.5 Å². The van der Waals surface area contributed by atoms with Crippen LogP contribution < -0.4 is 11.1 Å². The lowest BCUT2D eigenvalue weighted by molar-refractivity contribution is -0.123. The first-order valence-corrected chi connectivity index (χ1v) is 6.55. The maximum Gasteiger partial charge on any atom is 0.240 e. The van der Waals surface area contributed by atoms with Gasteiger partial charge in [0, 0.05) is 17.0 Å². The Balaban J connectivity index is 2.03. The van der Waals surface area contributed by atoms with Crippen molar-refractivity contribution in [2.75, 3.05) is 6.54 Å². The van der Waals surface area contributed by atoms with Crippen molar-refractivity contribution in [1.29, 1.82) is 0 Å². The standard InChI is InChI=1S/C14H19ClN2O/c1-13(2,10-5-3-4-6-11(10)15)9-17-12(18)14(16)7-8-14/h3-6H,7-9,16H2,1-2H3,(H,17,18). The van der Waals surface area contributed by atoms with E-state index < -0.39 is 5.54 Å². The molecule has 2 rings (SSSR count). The van der Waals surface area contributed by atoms with Crippen LogP contribution in [0.1, 0.15) is 32.3 Å². The summed E-state index contributed by atoms with van der Waals surface area (Å²) >= 11 is 6.19. The topological polar surface area (TPSA) is 55.1 Å². The third-order valence-corrected chi connectivity index (χ3v) is 3.86. The molecule has 0 unspecified atom stereocenters. The number of hydrogen-bond donors (Lipinski definition) is 2. The monoisotopic (exact) mass is 266 g/mol. The lowest BCUT2D eigenvalue weighted by Gasteiger charge is -2.27. The van der Waals surface area contributed by atoms with E-state index in [0.29, 0.717) is 6.54 Å². The minimum absolute atomic E-state index is 0.0531. The highest BCUT2D eigenvalue weighted by molar-refractivity contribution is 6.31.